The molecule has 0 spiro atoms. The molecule has 3 aromatic rings. The number of carboxylic acids is 1. The normalized spacial score (nSPS) is 17.5. The Bertz CT molecular complexity index is 1020. The zero-order valence-electron chi connectivity index (χ0n) is 18.3. The van der Waals surface area contributed by atoms with Crippen LogP contribution in [0, 0.1) is 5.92 Å². The molecule has 1 aliphatic rings. The molecule has 5 heteroatoms. The molecule has 0 saturated carbocycles. The van der Waals surface area contributed by atoms with Gasteiger partial charge in [0.2, 0.25) is 0 Å². The van der Waals surface area contributed by atoms with Crippen LogP contribution >= 0.6 is 0 Å². The summed E-state index contributed by atoms with van der Waals surface area (Å²) in [6.45, 7) is 1.85. The Labute approximate surface area is 189 Å². The lowest BCUT2D eigenvalue weighted by Gasteiger charge is -2.37. The van der Waals surface area contributed by atoms with E-state index >= 15 is 0 Å². The van der Waals surface area contributed by atoms with Gasteiger partial charge in [-0.1, -0.05) is 66.7 Å². The SMILES string of the molecule is COc1cc(C(c2ccccc2)N2CCCC(C(=O)O)C2)ccc1OCc1ccccc1. The molecule has 1 N–H and O–H groups in total. The molecule has 1 heterocycles. The summed E-state index contributed by atoms with van der Waals surface area (Å²) in [5, 5.41) is 9.59. The van der Waals surface area contributed by atoms with E-state index < -0.39 is 5.97 Å². The molecule has 0 radical (unpaired) electrons. The van der Waals surface area contributed by atoms with Crippen molar-refractivity contribution in [3.05, 3.63) is 95.6 Å². The molecule has 2 unspecified atom stereocenters. The van der Waals surface area contributed by atoms with E-state index in [2.05, 4.69) is 23.1 Å². The van der Waals surface area contributed by atoms with Crippen molar-refractivity contribution in [2.45, 2.75) is 25.5 Å². The van der Waals surface area contributed by atoms with Crippen LogP contribution in [-0.4, -0.2) is 36.2 Å². The van der Waals surface area contributed by atoms with E-state index in [1.807, 2.05) is 60.7 Å². The fraction of sp³-hybridized carbons (Fsp3) is 0.296. The van der Waals surface area contributed by atoms with Crippen LogP contribution in [0.15, 0.2) is 78.9 Å². The molecular weight excluding hydrogens is 402 g/mol. The molecule has 1 saturated heterocycles. The van der Waals surface area contributed by atoms with Crippen LogP contribution in [0.2, 0.25) is 0 Å². The van der Waals surface area contributed by atoms with E-state index in [0.717, 1.165) is 36.1 Å². The molecule has 1 aliphatic heterocycles. The van der Waals surface area contributed by atoms with Crippen molar-refractivity contribution in [1.29, 1.82) is 0 Å². The topological polar surface area (TPSA) is 59.0 Å². The fourth-order valence-corrected chi connectivity index (χ4v) is 4.40. The summed E-state index contributed by atoms with van der Waals surface area (Å²) in [6.07, 6.45) is 1.60. The van der Waals surface area contributed by atoms with Crippen LogP contribution in [0.3, 0.4) is 0 Å². The lowest BCUT2D eigenvalue weighted by atomic mass is 9.91. The van der Waals surface area contributed by atoms with Crippen LogP contribution in [0.1, 0.15) is 35.6 Å². The Balaban J connectivity index is 1.62. The number of carboxylic acid groups (broad SMARTS) is 1. The van der Waals surface area contributed by atoms with Gasteiger partial charge < -0.3 is 14.6 Å². The number of nitrogens with zero attached hydrogens (tertiary/aromatic N) is 1. The third-order valence-electron chi connectivity index (χ3n) is 6.02. The summed E-state index contributed by atoms with van der Waals surface area (Å²) in [5.41, 5.74) is 3.29. The van der Waals surface area contributed by atoms with Gasteiger partial charge in [0.25, 0.3) is 0 Å². The third kappa shape index (κ3) is 5.11. The number of aliphatic carboxylic acids is 1. The zero-order chi connectivity index (χ0) is 22.3. The van der Waals surface area contributed by atoms with E-state index in [-0.39, 0.29) is 12.0 Å². The number of hydrogen-bond acceptors (Lipinski definition) is 4. The Morgan fingerprint density at radius 1 is 1.00 bits per heavy atom. The summed E-state index contributed by atoms with van der Waals surface area (Å²) >= 11 is 0. The number of rotatable bonds is 8. The molecule has 0 bridgehead atoms. The van der Waals surface area contributed by atoms with Crippen LogP contribution in [0.25, 0.3) is 0 Å². The molecule has 0 amide bonds. The molecule has 0 aromatic heterocycles. The summed E-state index contributed by atoms with van der Waals surface area (Å²) in [5.74, 6) is 0.300. The minimum absolute atomic E-state index is 0.0459. The average Bonchev–Trinajstić information content (AvgIpc) is 2.84. The van der Waals surface area contributed by atoms with Gasteiger partial charge in [-0.3, -0.25) is 9.69 Å². The van der Waals surface area contributed by atoms with E-state index in [0.29, 0.717) is 24.7 Å². The highest BCUT2D eigenvalue weighted by Gasteiger charge is 2.31. The summed E-state index contributed by atoms with van der Waals surface area (Å²) in [4.78, 5) is 13.9. The summed E-state index contributed by atoms with van der Waals surface area (Å²) in [6, 6.07) is 26.3. The van der Waals surface area contributed by atoms with Gasteiger partial charge in [-0.25, -0.2) is 0 Å². The number of carbonyl (C=O) groups is 1. The number of ether oxygens (including phenoxy) is 2. The van der Waals surface area contributed by atoms with Crippen LogP contribution in [-0.2, 0) is 11.4 Å². The van der Waals surface area contributed by atoms with Crippen molar-refractivity contribution in [3.63, 3.8) is 0 Å². The zero-order valence-corrected chi connectivity index (χ0v) is 18.3. The van der Waals surface area contributed by atoms with Gasteiger partial charge in [0.15, 0.2) is 11.5 Å². The highest BCUT2D eigenvalue weighted by molar-refractivity contribution is 5.70. The second-order valence-electron chi connectivity index (χ2n) is 8.17. The predicted molar refractivity (Wildman–Crippen MR) is 124 cm³/mol. The van der Waals surface area contributed by atoms with Crippen LogP contribution in [0.4, 0.5) is 0 Å². The molecule has 0 aliphatic carbocycles. The molecule has 5 nitrogen and oxygen atoms in total. The lowest BCUT2D eigenvalue weighted by molar-refractivity contribution is -0.143. The first-order valence-electron chi connectivity index (χ1n) is 11.0. The Kier molecular flexibility index (Phi) is 7.07. The Hall–Kier alpha value is -3.31. The maximum atomic E-state index is 11.7. The molecule has 166 valence electrons. The number of benzene rings is 3. The second kappa shape index (κ2) is 10.3. The number of hydrogen-bond donors (Lipinski definition) is 1. The summed E-state index contributed by atoms with van der Waals surface area (Å²) in [7, 11) is 1.65. The van der Waals surface area contributed by atoms with Gasteiger partial charge in [0.1, 0.15) is 6.61 Å². The Morgan fingerprint density at radius 3 is 2.41 bits per heavy atom. The smallest absolute Gasteiger partial charge is 0.307 e. The maximum absolute atomic E-state index is 11.7. The lowest BCUT2D eigenvalue weighted by Crippen LogP contribution is -2.41. The highest BCUT2D eigenvalue weighted by atomic mass is 16.5. The van der Waals surface area contributed by atoms with Crippen molar-refractivity contribution in [1.82, 2.24) is 4.90 Å². The van der Waals surface area contributed by atoms with Crippen molar-refractivity contribution in [3.8, 4) is 11.5 Å². The fourth-order valence-electron chi connectivity index (χ4n) is 4.40. The van der Waals surface area contributed by atoms with Crippen molar-refractivity contribution in [2.75, 3.05) is 20.2 Å². The average molecular weight is 432 g/mol. The molecule has 2 atom stereocenters. The first kappa shape index (κ1) is 21.9. The van der Waals surface area contributed by atoms with E-state index in [4.69, 9.17) is 9.47 Å². The Morgan fingerprint density at radius 2 is 1.72 bits per heavy atom. The number of methoxy groups -OCH3 is 1. The molecule has 32 heavy (non-hydrogen) atoms. The number of likely N-dealkylation sites (tertiary alicyclic amines) is 1. The molecule has 4 rings (SSSR count). The van der Waals surface area contributed by atoms with Gasteiger partial charge in [-0.05, 0) is 48.2 Å². The van der Waals surface area contributed by atoms with E-state index in [1.165, 1.54) is 0 Å². The van der Waals surface area contributed by atoms with E-state index in [1.54, 1.807) is 7.11 Å². The monoisotopic (exact) mass is 431 g/mol. The molecule has 1 fully saturated rings. The first-order chi connectivity index (χ1) is 15.7. The maximum Gasteiger partial charge on any atom is 0.307 e. The molecule has 3 aromatic carbocycles. The van der Waals surface area contributed by atoms with Gasteiger partial charge in [-0.15, -0.1) is 0 Å². The van der Waals surface area contributed by atoms with Crippen LogP contribution < -0.4 is 9.47 Å². The standard InChI is InChI=1S/C27H29NO4/c1-31-25-17-22(14-15-24(25)32-19-20-9-4-2-5-10-20)26(21-11-6-3-7-12-21)28-16-8-13-23(18-28)27(29)30/h2-7,9-12,14-15,17,23,26H,8,13,16,18-19H2,1H3,(H,29,30). The van der Waals surface area contributed by atoms with E-state index in [9.17, 15) is 9.90 Å². The summed E-state index contributed by atoms with van der Waals surface area (Å²) < 4.78 is 11.7. The minimum atomic E-state index is -0.719. The van der Waals surface area contributed by atoms with Crippen molar-refractivity contribution < 1.29 is 19.4 Å². The third-order valence-corrected chi connectivity index (χ3v) is 6.02. The first-order valence-corrected chi connectivity index (χ1v) is 11.0. The van der Waals surface area contributed by atoms with Crippen molar-refractivity contribution in [2.24, 2.45) is 5.92 Å². The van der Waals surface area contributed by atoms with Gasteiger partial charge in [-0.2, -0.15) is 0 Å². The minimum Gasteiger partial charge on any atom is -0.493 e. The van der Waals surface area contributed by atoms with Gasteiger partial charge in [0.05, 0.1) is 19.1 Å². The quantitative estimate of drug-likeness (QED) is 0.534. The molecular formula is C27H29NO4. The van der Waals surface area contributed by atoms with Crippen molar-refractivity contribution >= 4 is 5.97 Å². The second-order valence-corrected chi connectivity index (χ2v) is 8.17. The highest BCUT2D eigenvalue weighted by Crippen LogP contribution is 2.37. The van der Waals surface area contributed by atoms with Crippen LogP contribution in [0.5, 0.6) is 11.5 Å². The predicted octanol–water partition coefficient (Wildman–Crippen LogP) is 5.16. The van der Waals surface area contributed by atoms with Gasteiger partial charge >= 0.3 is 5.97 Å². The van der Waals surface area contributed by atoms with Gasteiger partial charge in [0, 0.05) is 6.54 Å². The largest absolute Gasteiger partial charge is 0.493 e. The number of piperidine rings is 1.